The molecule has 6 nitrogen and oxygen atoms in total. The standard InChI is InChI=1S/C13H15Cl2N3O3S/c1-2-22(20,21)16-18-7-5-17(6-8-18)13(19)10-3-4-11(14)12(15)9-10/h2-4,9,16H,1,5-8H2. The van der Waals surface area contributed by atoms with Gasteiger partial charge >= 0.3 is 0 Å². The molecule has 0 unspecified atom stereocenters. The van der Waals surface area contributed by atoms with Crippen LogP contribution in [0.2, 0.25) is 10.0 Å². The van der Waals surface area contributed by atoms with Gasteiger partial charge in [0.1, 0.15) is 0 Å². The second kappa shape index (κ2) is 6.97. The number of hydrogen-bond donors (Lipinski definition) is 1. The first-order chi connectivity index (χ1) is 10.3. The van der Waals surface area contributed by atoms with Gasteiger partial charge in [0.15, 0.2) is 0 Å². The van der Waals surface area contributed by atoms with Gasteiger partial charge in [0.25, 0.3) is 5.91 Å². The Bertz CT molecular complexity index is 686. The maximum atomic E-state index is 12.4. The van der Waals surface area contributed by atoms with E-state index in [0.29, 0.717) is 41.8 Å². The van der Waals surface area contributed by atoms with Crippen molar-refractivity contribution in [2.24, 2.45) is 0 Å². The third-order valence-corrected chi connectivity index (χ3v) is 4.90. The maximum Gasteiger partial charge on any atom is 0.253 e. The molecule has 9 heteroatoms. The van der Waals surface area contributed by atoms with Crippen LogP contribution in [-0.2, 0) is 10.0 Å². The number of rotatable bonds is 4. The highest BCUT2D eigenvalue weighted by atomic mass is 35.5. The average Bonchev–Trinajstić information content (AvgIpc) is 2.50. The van der Waals surface area contributed by atoms with Gasteiger partial charge in [-0.25, -0.2) is 13.4 Å². The highest BCUT2D eigenvalue weighted by molar-refractivity contribution is 7.92. The number of carbonyl (C=O) groups is 1. The van der Waals surface area contributed by atoms with E-state index < -0.39 is 10.0 Å². The number of carbonyl (C=O) groups excluding carboxylic acids is 1. The molecule has 1 amide bonds. The zero-order valence-corrected chi connectivity index (χ0v) is 14.0. The van der Waals surface area contributed by atoms with Gasteiger partial charge in [0.05, 0.1) is 10.0 Å². The molecule has 1 fully saturated rings. The van der Waals surface area contributed by atoms with Gasteiger partial charge in [-0.3, -0.25) is 4.79 Å². The summed E-state index contributed by atoms with van der Waals surface area (Å²) < 4.78 is 22.8. The molecule has 0 radical (unpaired) electrons. The minimum atomic E-state index is -3.52. The Labute approximate surface area is 139 Å². The average molecular weight is 364 g/mol. The molecule has 0 bridgehead atoms. The van der Waals surface area contributed by atoms with Crippen LogP contribution in [0.3, 0.4) is 0 Å². The molecule has 0 saturated carbocycles. The van der Waals surface area contributed by atoms with Crippen LogP contribution >= 0.6 is 23.2 Å². The van der Waals surface area contributed by atoms with E-state index in [1.807, 2.05) is 0 Å². The molecule has 120 valence electrons. The summed E-state index contributed by atoms with van der Waals surface area (Å²) in [7, 11) is -3.52. The minimum Gasteiger partial charge on any atom is -0.336 e. The lowest BCUT2D eigenvalue weighted by molar-refractivity contribution is 0.0610. The fourth-order valence-corrected chi connectivity index (χ4v) is 2.94. The lowest BCUT2D eigenvalue weighted by atomic mass is 10.2. The highest BCUT2D eigenvalue weighted by Gasteiger charge is 2.24. The van der Waals surface area contributed by atoms with E-state index in [0.717, 1.165) is 5.41 Å². The van der Waals surface area contributed by atoms with Gasteiger partial charge in [0, 0.05) is 37.2 Å². The first kappa shape index (κ1) is 17.2. The molecule has 1 heterocycles. The number of halogens is 2. The molecule has 1 N–H and O–H groups in total. The highest BCUT2D eigenvalue weighted by Crippen LogP contribution is 2.23. The predicted molar refractivity (Wildman–Crippen MR) is 86.2 cm³/mol. The summed E-state index contributed by atoms with van der Waals surface area (Å²) in [5.41, 5.74) is 0.453. The molecule has 2 rings (SSSR count). The lowest BCUT2D eigenvalue weighted by Gasteiger charge is -2.34. The lowest BCUT2D eigenvalue weighted by Crippen LogP contribution is -2.54. The monoisotopic (exact) mass is 363 g/mol. The van der Waals surface area contributed by atoms with Crippen LogP contribution in [-0.4, -0.2) is 50.4 Å². The fourth-order valence-electron chi connectivity index (χ4n) is 2.03. The van der Waals surface area contributed by atoms with Gasteiger partial charge < -0.3 is 4.90 Å². The molecule has 1 saturated heterocycles. The second-order valence-corrected chi connectivity index (χ2v) is 7.13. The number of nitrogens with zero attached hydrogens (tertiary/aromatic N) is 2. The number of benzene rings is 1. The van der Waals surface area contributed by atoms with Crippen LogP contribution in [0.1, 0.15) is 10.4 Å². The Kier molecular flexibility index (Phi) is 5.46. The zero-order valence-electron chi connectivity index (χ0n) is 11.6. The van der Waals surface area contributed by atoms with Crippen molar-refractivity contribution in [3.8, 4) is 0 Å². The molecular weight excluding hydrogens is 349 g/mol. The maximum absolute atomic E-state index is 12.4. The van der Waals surface area contributed by atoms with Crippen LogP contribution < -0.4 is 4.83 Å². The van der Waals surface area contributed by atoms with Gasteiger partial charge in [-0.15, -0.1) is 4.83 Å². The molecular formula is C13H15Cl2N3O3S. The van der Waals surface area contributed by atoms with Crippen molar-refractivity contribution in [2.45, 2.75) is 0 Å². The minimum absolute atomic E-state index is 0.162. The van der Waals surface area contributed by atoms with E-state index in [2.05, 4.69) is 11.4 Å². The fraction of sp³-hybridized carbons (Fsp3) is 0.308. The van der Waals surface area contributed by atoms with Gasteiger partial charge in [-0.05, 0) is 18.2 Å². The summed E-state index contributed by atoms with van der Waals surface area (Å²) in [5, 5.41) is 3.10. The van der Waals surface area contributed by atoms with E-state index in [1.54, 1.807) is 17.0 Å². The Balaban J connectivity index is 1.97. The van der Waals surface area contributed by atoms with Crippen LogP contribution in [0.25, 0.3) is 0 Å². The van der Waals surface area contributed by atoms with E-state index in [1.165, 1.54) is 11.1 Å². The summed E-state index contributed by atoms with van der Waals surface area (Å²) in [6.07, 6.45) is 0. The second-order valence-electron chi connectivity index (χ2n) is 4.71. The topological polar surface area (TPSA) is 69.7 Å². The number of amides is 1. The Morgan fingerprint density at radius 1 is 1.18 bits per heavy atom. The normalized spacial score (nSPS) is 16.5. The number of hydrogen-bond acceptors (Lipinski definition) is 4. The predicted octanol–water partition coefficient (Wildman–Crippen LogP) is 1.73. The molecule has 1 aliphatic heterocycles. The Hall–Kier alpha value is -1.12. The van der Waals surface area contributed by atoms with Crippen LogP contribution in [0.5, 0.6) is 0 Å². The first-order valence-electron chi connectivity index (χ1n) is 6.46. The number of sulfonamides is 1. The van der Waals surface area contributed by atoms with Crippen molar-refractivity contribution in [2.75, 3.05) is 26.2 Å². The first-order valence-corrected chi connectivity index (χ1v) is 8.77. The van der Waals surface area contributed by atoms with E-state index >= 15 is 0 Å². The zero-order chi connectivity index (χ0) is 16.3. The van der Waals surface area contributed by atoms with Crippen LogP contribution in [0, 0.1) is 0 Å². The number of hydrazine groups is 1. The summed E-state index contributed by atoms with van der Waals surface area (Å²) in [5.74, 6) is -0.162. The van der Waals surface area contributed by atoms with Gasteiger partial charge in [-0.1, -0.05) is 29.8 Å². The van der Waals surface area contributed by atoms with Crippen molar-refractivity contribution >= 4 is 39.1 Å². The SMILES string of the molecule is C=CS(=O)(=O)NN1CCN(C(=O)c2ccc(Cl)c(Cl)c2)CC1. The summed E-state index contributed by atoms with van der Waals surface area (Å²) in [6, 6.07) is 4.72. The van der Waals surface area contributed by atoms with E-state index in [9.17, 15) is 13.2 Å². The Morgan fingerprint density at radius 3 is 2.36 bits per heavy atom. The molecule has 1 aromatic rings. The molecule has 1 aromatic carbocycles. The largest absolute Gasteiger partial charge is 0.336 e. The quantitative estimate of drug-likeness (QED) is 0.884. The van der Waals surface area contributed by atoms with Crippen molar-refractivity contribution in [3.63, 3.8) is 0 Å². The molecule has 1 aliphatic rings. The van der Waals surface area contributed by atoms with E-state index in [4.69, 9.17) is 23.2 Å². The van der Waals surface area contributed by atoms with Crippen molar-refractivity contribution in [1.82, 2.24) is 14.7 Å². The summed E-state index contributed by atoms with van der Waals surface area (Å²) in [6.45, 7) is 4.81. The molecule has 0 aromatic heterocycles. The molecule has 22 heavy (non-hydrogen) atoms. The van der Waals surface area contributed by atoms with Crippen molar-refractivity contribution in [1.29, 1.82) is 0 Å². The van der Waals surface area contributed by atoms with Crippen LogP contribution in [0.15, 0.2) is 30.2 Å². The third-order valence-electron chi connectivity index (χ3n) is 3.21. The van der Waals surface area contributed by atoms with Gasteiger partial charge in [0.2, 0.25) is 10.0 Å². The van der Waals surface area contributed by atoms with E-state index in [-0.39, 0.29) is 5.91 Å². The van der Waals surface area contributed by atoms with Gasteiger partial charge in [-0.2, -0.15) is 0 Å². The molecule has 0 aliphatic carbocycles. The Morgan fingerprint density at radius 2 is 1.82 bits per heavy atom. The number of nitrogens with one attached hydrogen (secondary N) is 1. The van der Waals surface area contributed by atoms with Crippen LogP contribution in [0.4, 0.5) is 0 Å². The van der Waals surface area contributed by atoms with Crippen molar-refractivity contribution < 1.29 is 13.2 Å². The molecule has 0 spiro atoms. The molecule has 0 atom stereocenters. The third kappa shape index (κ3) is 4.21. The summed E-state index contributed by atoms with van der Waals surface area (Å²) >= 11 is 11.7. The van der Waals surface area contributed by atoms with Crippen molar-refractivity contribution in [3.05, 3.63) is 45.8 Å². The smallest absolute Gasteiger partial charge is 0.253 e. The number of piperazine rings is 1. The summed E-state index contributed by atoms with van der Waals surface area (Å²) in [4.78, 5) is 16.4.